The van der Waals surface area contributed by atoms with E-state index in [2.05, 4.69) is 35.5 Å². The van der Waals surface area contributed by atoms with E-state index in [1.54, 1.807) is 24.3 Å². The molecule has 0 radical (unpaired) electrons. The molecule has 0 spiro atoms. The monoisotopic (exact) mass is 625 g/mol. The Morgan fingerprint density at radius 2 is 0.977 bits per heavy atom. The number of fused-ring (bicyclic) bond motifs is 4. The Labute approximate surface area is 263 Å². The molecular formula is C33H29Cl2N7O2. The lowest BCUT2D eigenvalue weighted by Gasteiger charge is -2.17. The summed E-state index contributed by atoms with van der Waals surface area (Å²) in [5.74, 6) is -0.555. The number of benzene rings is 4. The van der Waals surface area contributed by atoms with Gasteiger partial charge in [-0.3, -0.25) is 9.59 Å². The Kier molecular flexibility index (Phi) is 8.79. The number of amides is 2. The molecule has 0 saturated carbocycles. The summed E-state index contributed by atoms with van der Waals surface area (Å²) in [6.45, 7) is 2.48. The number of hydrogen-bond donors (Lipinski definition) is 2. The van der Waals surface area contributed by atoms with E-state index in [4.69, 9.17) is 23.2 Å². The molecule has 2 amide bonds. The summed E-state index contributed by atoms with van der Waals surface area (Å²) >= 11 is 12.8. The van der Waals surface area contributed by atoms with Crippen molar-refractivity contribution in [1.29, 1.82) is 0 Å². The molecule has 0 bridgehead atoms. The van der Waals surface area contributed by atoms with E-state index in [0.717, 1.165) is 37.0 Å². The Hall–Kier alpha value is -4.44. The van der Waals surface area contributed by atoms with Crippen LogP contribution in [0.3, 0.4) is 0 Å². The summed E-state index contributed by atoms with van der Waals surface area (Å²) in [4.78, 5) is 46.9. The second kappa shape index (κ2) is 13.1. The Morgan fingerprint density at radius 1 is 0.591 bits per heavy atom. The number of para-hydroxylation sites is 4. The van der Waals surface area contributed by atoms with Crippen LogP contribution in [0.25, 0.3) is 44.1 Å². The topological polar surface area (TPSA) is 113 Å². The number of rotatable bonds is 10. The average molecular weight is 627 g/mol. The first-order chi connectivity index (χ1) is 21.4. The average Bonchev–Trinajstić information content (AvgIpc) is 3.03. The third-order valence-corrected chi connectivity index (χ3v) is 8.01. The summed E-state index contributed by atoms with van der Waals surface area (Å²) in [7, 11) is 2.01. The maximum atomic E-state index is 13.1. The molecule has 2 heterocycles. The molecule has 0 aliphatic carbocycles. The second-order valence-electron chi connectivity index (χ2n) is 10.5. The van der Waals surface area contributed by atoms with E-state index in [-0.39, 0.29) is 11.8 Å². The van der Waals surface area contributed by atoms with Crippen molar-refractivity contribution in [3.8, 4) is 0 Å². The summed E-state index contributed by atoms with van der Waals surface area (Å²) in [6, 6.07) is 22.0. The number of nitrogens with one attached hydrogen (secondary N) is 2. The fourth-order valence-corrected chi connectivity index (χ4v) is 5.62. The van der Waals surface area contributed by atoms with E-state index < -0.39 is 0 Å². The van der Waals surface area contributed by atoms with Gasteiger partial charge in [0.15, 0.2) is 0 Å². The van der Waals surface area contributed by atoms with Crippen LogP contribution in [0, 0.1) is 0 Å². The molecule has 4 aromatic carbocycles. The van der Waals surface area contributed by atoms with Crippen molar-refractivity contribution in [2.45, 2.75) is 12.8 Å². The van der Waals surface area contributed by atoms with Crippen LogP contribution in [0.5, 0.6) is 0 Å². The lowest BCUT2D eigenvalue weighted by atomic mass is 10.1. The van der Waals surface area contributed by atoms with Crippen molar-refractivity contribution in [1.82, 2.24) is 35.5 Å². The third kappa shape index (κ3) is 6.26. The van der Waals surface area contributed by atoms with Gasteiger partial charge in [0.2, 0.25) is 0 Å². The molecule has 2 aromatic heterocycles. The summed E-state index contributed by atoms with van der Waals surface area (Å²) < 4.78 is 0. The lowest BCUT2D eigenvalue weighted by molar-refractivity contribution is 0.0947. The normalized spacial score (nSPS) is 11.5. The van der Waals surface area contributed by atoms with Crippen molar-refractivity contribution >= 4 is 79.1 Å². The zero-order chi connectivity index (χ0) is 30.6. The molecule has 0 aliphatic rings. The first-order valence-corrected chi connectivity index (χ1v) is 15.1. The van der Waals surface area contributed by atoms with Gasteiger partial charge in [0.05, 0.1) is 54.3 Å². The molecule has 0 aliphatic heterocycles. The van der Waals surface area contributed by atoms with Crippen molar-refractivity contribution < 1.29 is 9.59 Å². The maximum Gasteiger partial charge on any atom is 0.255 e. The van der Waals surface area contributed by atoms with E-state index in [0.29, 0.717) is 67.4 Å². The minimum atomic E-state index is -0.277. The summed E-state index contributed by atoms with van der Waals surface area (Å²) in [5.41, 5.74) is 5.80. The largest absolute Gasteiger partial charge is 0.352 e. The smallest absolute Gasteiger partial charge is 0.255 e. The number of aromatic nitrogens is 4. The maximum absolute atomic E-state index is 13.1. The molecule has 0 unspecified atom stereocenters. The first kappa shape index (κ1) is 29.6. The van der Waals surface area contributed by atoms with Gasteiger partial charge in [0.1, 0.15) is 11.0 Å². The molecular weight excluding hydrogens is 597 g/mol. The van der Waals surface area contributed by atoms with Crippen LogP contribution in [-0.4, -0.2) is 69.9 Å². The Balaban J connectivity index is 0.984. The fourth-order valence-electron chi connectivity index (χ4n) is 5.15. The molecule has 9 nitrogen and oxygen atoms in total. The third-order valence-electron chi connectivity index (χ3n) is 7.38. The Bertz CT molecular complexity index is 1890. The summed E-state index contributed by atoms with van der Waals surface area (Å²) in [5, 5.41) is 6.61. The van der Waals surface area contributed by atoms with Crippen LogP contribution in [0.1, 0.15) is 33.6 Å². The molecule has 0 atom stereocenters. The Morgan fingerprint density at radius 3 is 1.39 bits per heavy atom. The highest BCUT2D eigenvalue weighted by molar-refractivity contribution is 6.36. The van der Waals surface area contributed by atoms with E-state index in [9.17, 15) is 9.59 Å². The molecule has 11 heteroatoms. The molecule has 0 fully saturated rings. The van der Waals surface area contributed by atoms with Gasteiger partial charge in [-0.2, -0.15) is 0 Å². The van der Waals surface area contributed by atoms with Crippen LogP contribution in [0.15, 0.2) is 72.8 Å². The first-order valence-electron chi connectivity index (χ1n) is 14.3. The number of nitrogens with zero attached hydrogens (tertiary/aromatic N) is 5. The number of carbonyl (C=O) groups is 2. The van der Waals surface area contributed by atoms with Crippen LogP contribution in [0.2, 0.25) is 10.0 Å². The highest BCUT2D eigenvalue weighted by Crippen LogP contribution is 2.27. The molecule has 222 valence electrons. The second-order valence-corrected chi connectivity index (χ2v) is 11.3. The van der Waals surface area contributed by atoms with E-state index in [1.165, 1.54) is 0 Å². The van der Waals surface area contributed by atoms with Crippen LogP contribution in [-0.2, 0) is 0 Å². The molecule has 44 heavy (non-hydrogen) atoms. The van der Waals surface area contributed by atoms with Gasteiger partial charge in [0, 0.05) is 13.1 Å². The van der Waals surface area contributed by atoms with E-state index in [1.807, 2.05) is 55.6 Å². The SMILES string of the molecule is CN(CCCNC(=O)c1c(Cl)ccc2nc3ccccc3nc12)CCCNC(=O)c1c(Cl)ccc2nc3ccccc3nc12. The predicted molar refractivity (Wildman–Crippen MR) is 176 cm³/mol. The van der Waals surface area contributed by atoms with Gasteiger partial charge in [-0.05, 0) is 81.5 Å². The fraction of sp³-hybridized carbons (Fsp3) is 0.212. The van der Waals surface area contributed by atoms with Crippen LogP contribution < -0.4 is 10.6 Å². The zero-order valence-corrected chi connectivity index (χ0v) is 25.5. The number of hydrogen-bond acceptors (Lipinski definition) is 7. The van der Waals surface area contributed by atoms with Gasteiger partial charge in [-0.1, -0.05) is 47.5 Å². The van der Waals surface area contributed by atoms with Gasteiger partial charge in [0.25, 0.3) is 11.8 Å². The highest BCUT2D eigenvalue weighted by Gasteiger charge is 2.18. The van der Waals surface area contributed by atoms with Gasteiger partial charge >= 0.3 is 0 Å². The molecule has 6 rings (SSSR count). The number of carbonyl (C=O) groups excluding carboxylic acids is 2. The van der Waals surface area contributed by atoms with Crippen molar-refractivity contribution in [3.63, 3.8) is 0 Å². The summed E-state index contributed by atoms with van der Waals surface area (Å²) in [6.07, 6.45) is 1.48. The molecule has 0 saturated heterocycles. The van der Waals surface area contributed by atoms with Crippen molar-refractivity contribution in [2.75, 3.05) is 33.2 Å². The minimum absolute atomic E-state index is 0.277. The number of halogens is 2. The van der Waals surface area contributed by atoms with E-state index >= 15 is 0 Å². The van der Waals surface area contributed by atoms with Crippen molar-refractivity contribution in [2.24, 2.45) is 0 Å². The standard InChI is InChI=1S/C33H29Cl2N7O2/c1-42(18-6-16-36-32(43)28-20(34)12-14-26-30(28)40-24-10-4-2-8-22(24)38-26)19-7-17-37-33(44)29-21(35)13-15-27-31(29)41-25-11-5-3-9-23(25)39-27/h2-5,8-15H,6-7,16-19H2,1H3,(H,36,43)(H,37,44). The predicted octanol–water partition coefficient (Wildman–Crippen LogP) is 6.06. The molecule has 6 aromatic rings. The zero-order valence-electron chi connectivity index (χ0n) is 24.0. The lowest BCUT2D eigenvalue weighted by Crippen LogP contribution is -2.31. The molecule has 2 N–H and O–H groups in total. The minimum Gasteiger partial charge on any atom is -0.352 e. The van der Waals surface area contributed by atoms with Gasteiger partial charge in [-0.25, -0.2) is 19.9 Å². The van der Waals surface area contributed by atoms with Crippen molar-refractivity contribution in [3.05, 3.63) is 94.0 Å². The highest BCUT2D eigenvalue weighted by atomic mass is 35.5. The quantitative estimate of drug-likeness (QED) is 0.141. The van der Waals surface area contributed by atoms with Gasteiger partial charge < -0.3 is 15.5 Å². The van der Waals surface area contributed by atoms with Crippen LogP contribution in [0.4, 0.5) is 0 Å². The van der Waals surface area contributed by atoms with Gasteiger partial charge in [-0.15, -0.1) is 0 Å². The van der Waals surface area contributed by atoms with Crippen LogP contribution >= 0.6 is 23.2 Å².